The number of hydrogen-bond acceptors (Lipinski definition) is 4. The Labute approximate surface area is 159 Å². The van der Waals surface area contributed by atoms with Gasteiger partial charge in [-0.1, -0.05) is 11.6 Å². The highest BCUT2D eigenvalue weighted by Gasteiger charge is 2.56. The zero-order chi connectivity index (χ0) is 18.9. The summed E-state index contributed by atoms with van der Waals surface area (Å²) in [6, 6.07) is 6.92. The molecule has 0 amide bonds. The second kappa shape index (κ2) is 5.86. The predicted octanol–water partition coefficient (Wildman–Crippen LogP) is 3.22. The Morgan fingerprint density at radius 1 is 1.30 bits per heavy atom. The Kier molecular flexibility index (Phi) is 3.66. The molecule has 4 aliphatic heterocycles. The van der Waals surface area contributed by atoms with E-state index in [0.717, 1.165) is 25.1 Å². The van der Waals surface area contributed by atoms with Gasteiger partial charge in [0.05, 0.1) is 26.2 Å². The number of rotatable bonds is 2. The van der Waals surface area contributed by atoms with Crippen LogP contribution in [-0.2, 0) is 23.0 Å². The molecule has 1 aromatic carbocycles. The number of carbonyl (C=O) groups excluding carboxylic acids is 1. The number of aromatic nitrogens is 1. The van der Waals surface area contributed by atoms with Gasteiger partial charge in [0.15, 0.2) is 0 Å². The van der Waals surface area contributed by atoms with Crippen molar-refractivity contribution in [3.8, 4) is 5.75 Å². The maximum atomic E-state index is 12.7. The first kappa shape index (κ1) is 16.9. The van der Waals surface area contributed by atoms with Crippen LogP contribution in [0.5, 0.6) is 5.75 Å². The fraction of sp³-hybridized carbons (Fsp3) is 0.500. The van der Waals surface area contributed by atoms with Crippen LogP contribution in [0.4, 0.5) is 0 Å². The molecule has 0 spiro atoms. The average Bonchev–Trinajstić information content (AvgIpc) is 2.98. The molecule has 4 bridgehead atoms. The number of esters is 1. The number of benzene rings is 1. The van der Waals surface area contributed by atoms with Crippen molar-refractivity contribution in [3.05, 3.63) is 41.1 Å². The summed E-state index contributed by atoms with van der Waals surface area (Å²) < 4.78 is 13.1. The summed E-state index contributed by atoms with van der Waals surface area (Å²) in [6.07, 6.45) is 4.09. The molecule has 0 N–H and O–H groups in total. The average molecular weight is 366 g/mol. The Bertz CT molecular complexity index is 974. The monoisotopic (exact) mass is 366 g/mol. The molecular weight excluding hydrogens is 340 g/mol. The van der Waals surface area contributed by atoms with Crippen molar-refractivity contribution in [2.75, 3.05) is 20.8 Å². The number of allylic oxidation sites excluding steroid dienone is 1. The van der Waals surface area contributed by atoms with E-state index in [1.165, 1.54) is 34.8 Å². The van der Waals surface area contributed by atoms with Crippen molar-refractivity contribution in [2.24, 2.45) is 18.9 Å². The molecule has 0 aliphatic carbocycles. The van der Waals surface area contributed by atoms with Crippen LogP contribution in [0.25, 0.3) is 10.9 Å². The molecule has 5 nitrogen and oxygen atoms in total. The molecule has 5 unspecified atom stereocenters. The lowest BCUT2D eigenvalue weighted by Gasteiger charge is -2.57. The van der Waals surface area contributed by atoms with Crippen LogP contribution in [0.2, 0.25) is 0 Å². The number of methoxy groups -OCH3 is 2. The van der Waals surface area contributed by atoms with E-state index < -0.39 is 0 Å². The molecule has 27 heavy (non-hydrogen) atoms. The summed E-state index contributed by atoms with van der Waals surface area (Å²) in [5, 5.41) is 1.26. The topological polar surface area (TPSA) is 43.7 Å². The number of fused-ring (bicyclic) bond motifs is 4. The molecule has 3 saturated heterocycles. The molecule has 2 aromatic rings. The van der Waals surface area contributed by atoms with Crippen LogP contribution in [0.3, 0.4) is 0 Å². The molecule has 6 rings (SSSR count). The van der Waals surface area contributed by atoms with Crippen molar-refractivity contribution >= 4 is 16.9 Å². The number of nitrogens with zero attached hydrogens (tertiary/aromatic N) is 2. The Morgan fingerprint density at radius 2 is 2.11 bits per heavy atom. The molecule has 1 aromatic heterocycles. The molecule has 142 valence electrons. The van der Waals surface area contributed by atoms with Gasteiger partial charge in [0.1, 0.15) is 5.75 Å². The molecule has 4 aliphatic rings. The zero-order valence-electron chi connectivity index (χ0n) is 16.4. The lowest BCUT2D eigenvalue weighted by molar-refractivity contribution is -0.157. The van der Waals surface area contributed by atoms with Gasteiger partial charge in [0, 0.05) is 36.2 Å². The van der Waals surface area contributed by atoms with Crippen molar-refractivity contribution < 1.29 is 14.3 Å². The van der Waals surface area contributed by atoms with Crippen molar-refractivity contribution in [3.63, 3.8) is 0 Å². The first-order valence-electron chi connectivity index (χ1n) is 9.72. The molecular formula is C22H26N2O3. The summed E-state index contributed by atoms with van der Waals surface area (Å²) in [6.45, 7) is 3.06. The minimum atomic E-state index is -0.0692. The van der Waals surface area contributed by atoms with Crippen LogP contribution in [-0.4, -0.2) is 42.2 Å². The van der Waals surface area contributed by atoms with E-state index in [4.69, 9.17) is 9.47 Å². The highest BCUT2D eigenvalue weighted by Crippen LogP contribution is 2.55. The minimum Gasteiger partial charge on any atom is -0.497 e. The summed E-state index contributed by atoms with van der Waals surface area (Å²) in [5.74, 6) is 1.05. The third-order valence-electron chi connectivity index (χ3n) is 7.13. The number of aryl methyl sites for hydroxylation is 1. The van der Waals surface area contributed by atoms with Gasteiger partial charge in [-0.15, -0.1) is 0 Å². The smallest absolute Gasteiger partial charge is 0.310 e. The Hall–Kier alpha value is -2.27. The van der Waals surface area contributed by atoms with Gasteiger partial charge in [-0.3, -0.25) is 9.69 Å². The van der Waals surface area contributed by atoms with Gasteiger partial charge in [-0.25, -0.2) is 0 Å². The highest BCUT2D eigenvalue weighted by atomic mass is 16.5. The van der Waals surface area contributed by atoms with Crippen LogP contribution in [0.15, 0.2) is 29.8 Å². The van der Waals surface area contributed by atoms with E-state index in [9.17, 15) is 4.79 Å². The van der Waals surface area contributed by atoms with E-state index in [1.54, 1.807) is 7.11 Å². The van der Waals surface area contributed by atoms with E-state index in [1.807, 2.05) is 6.07 Å². The third kappa shape index (κ3) is 2.12. The van der Waals surface area contributed by atoms with Crippen LogP contribution >= 0.6 is 0 Å². The number of ether oxygens (including phenoxy) is 2. The van der Waals surface area contributed by atoms with Gasteiger partial charge in [0.2, 0.25) is 0 Å². The van der Waals surface area contributed by atoms with Crippen LogP contribution in [0, 0.1) is 11.8 Å². The molecule has 0 saturated carbocycles. The van der Waals surface area contributed by atoms with Crippen molar-refractivity contribution in [1.29, 1.82) is 0 Å². The second-order valence-corrected chi connectivity index (χ2v) is 8.02. The first-order chi connectivity index (χ1) is 13.1. The van der Waals surface area contributed by atoms with Gasteiger partial charge in [-0.05, 0) is 49.4 Å². The van der Waals surface area contributed by atoms with Crippen LogP contribution in [0.1, 0.15) is 30.6 Å². The second-order valence-electron chi connectivity index (χ2n) is 8.02. The molecule has 5 heteroatoms. The summed E-state index contributed by atoms with van der Waals surface area (Å²) in [7, 11) is 5.40. The normalized spacial score (nSPS) is 32.6. The van der Waals surface area contributed by atoms with Crippen LogP contribution < -0.4 is 4.74 Å². The maximum Gasteiger partial charge on any atom is 0.310 e. The highest BCUT2D eigenvalue weighted by molar-refractivity contribution is 5.88. The van der Waals surface area contributed by atoms with E-state index in [0.29, 0.717) is 12.0 Å². The van der Waals surface area contributed by atoms with Crippen molar-refractivity contribution in [2.45, 2.75) is 31.8 Å². The lowest BCUT2D eigenvalue weighted by atomic mass is 9.64. The number of hydrogen-bond donors (Lipinski definition) is 0. The minimum absolute atomic E-state index is 0.0613. The molecule has 0 radical (unpaired) electrons. The van der Waals surface area contributed by atoms with E-state index in [2.05, 4.69) is 41.6 Å². The Balaban J connectivity index is 1.70. The summed E-state index contributed by atoms with van der Waals surface area (Å²) in [4.78, 5) is 15.2. The van der Waals surface area contributed by atoms with Gasteiger partial charge >= 0.3 is 5.97 Å². The van der Waals surface area contributed by atoms with Crippen molar-refractivity contribution in [1.82, 2.24) is 9.47 Å². The number of carbonyl (C=O) groups is 1. The fourth-order valence-corrected chi connectivity index (χ4v) is 5.94. The van der Waals surface area contributed by atoms with E-state index >= 15 is 0 Å². The van der Waals surface area contributed by atoms with Gasteiger partial charge < -0.3 is 14.0 Å². The quantitative estimate of drug-likeness (QED) is 0.605. The van der Waals surface area contributed by atoms with Gasteiger partial charge in [-0.2, -0.15) is 0 Å². The summed E-state index contributed by atoms with van der Waals surface area (Å²) in [5.41, 5.74) is 5.43. The van der Waals surface area contributed by atoms with Gasteiger partial charge in [0.25, 0.3) is 0 Å². The maximum absolute atomic E-state index is 12.7. The first-order valence-corrected chi connectivity index (χ1v) is 9.72. The molecule has 3 fully saturated rings. The standard InChI is InChI=1S/C22H26N2O3/c1-5-12-11-24-18-10-16-15-8-13(26-3)6-7-17(15)23(2)21(16)19(24)9-14(12)20(18)22(25)27-4/h5-8,14,18-20H,9-11H2,1-4H3. The fourth-order valence-electron chi connectivity index (χ4n) is 5.94. The third-order valence-corrected chi connectivity index (χ3v) is 7.13. The summed E-state index contributed by atoms with van der Waals surface area (Å²) >= 11 is 0. The predicted molar refractivity (Wildman–Crippen MR) is 104 cm³/mol. The Morgan fingerprint density at radius 3 is 2.81 bits per heavy atom. The molecule has 5 heterocycles. The SMILES string of the molecule is CC=C1CN2C3CC1C(C(=O)OC)C2Cc1c3n(C)c2ccc(OC)cc12. The zero-order valence-corrected chi connectivity index (χ0v) is 16.4. The largest absolute Gasteiger partial charge is 0.497 e. The molecule has 5 atom stereocenters. The number of piperidine rings is 3. The lowest BCUT2D eigenvalue weighted by Crippen LogP contribution is -2.62. The van der Waals surface area contributed by atoms with E-state index in [-0.39, 0.29) is 17.9 Å².